The van der Waals surface area contributed by atoms with E-state index in [9.17, 15) is 0 Å². The number of aliphatic hydroxyl groups is 1. The van der Waals surface area contributed by atoms with Gasteiger partial charge in [-0.2, -0.15) is 0 Å². The predicted molar refractivity (Wildman–Crippen MR) is 71.7 cm³/mol. The fourth-order valence-electron chi connectivity index (χ4n) is 1.45. The number of hydrogen-bond acceptors (Lipinski definition) is 2. The molecular weight excluding hydrogens is 289 g/mol. The lowest BCUT2D eigenvalue weighted by Crippen LogP contribution is -2.26. The molecule has 0 aliphatic carbocycles. The van der Waals surface area contributed by atoms with Crippen molar-refractivity contribution in [1.29, 1.82) is 0 Å². The number of nitrogens with zero attached hydrogens (tertiary/aromatic N) is 1. The van der Waals surface area contributed by atoms with E-state index in [4.69, 9.17) is 16.7 Å². The van der Waals surface area contributed by atoms with Crippen molar-refractivity contribution in [1.82, 2.24) is 4.90 Å². The monoisotopic (exact) mass is 303 g/mol. The average Bonchev–Trinajstić information content (AvgIpc) is 2.23. The van der Waals surface area contributed by atoms with Gasteiger partial charge < -0.3 is 5.11 Å². The van der Waals surface area contributed by atoms with Gasteiger partial charge in [-0.1, -0.05) is 39.7 Å². The van der Waals surface area contributed by atoms with Crippen LogP contribution >= 0.6 is 27.5 Å². The van der Waals surface area contributed by atoms with Gasteiger partial charge >= 0.3 is 0 Å². The number of rotatable bonds is 6. The van der Waals surface area contributed by atoms with Gasteiger partial charge in [-0.25, -0.2) is 0 Å². The van der Waals surface area contributed by atoms with Crippen molar-refractivity contribution in [3.05, 3.63) is 45.9 Å². The van der Waals surface area contributed by atoms with Crippen molar-refractivity contribution in [3.63, 3.8) is 0 Å². The molecule has 88 valence electrons. The van der Waals surface area contributed by atoms with Gasteiger partial charge in [0.15, 0.2) is 0 Å². The first-order valence-electron chi connectivity index (χ1n) is 5.05. The van der Waals surface area contributed by atoms with E-state index in [0.717, 1.165) is 28.1 Å². The van der Waals surface area contributed by atoms with Gasteiger partial charge in [-0.05, 0) is 17.7 Å². The zero-order chi connectivity index (χ0) is 12.0. The van der Waals surface area contributed by atoms with Gasteiger partial charge in [0.05, 0.1) is 6.61 Å². The van der Waals surface area contributed by atoms with Crippen LogP contribution in [-0.2, 0) is 6.54 Å². The normalized spacial score (nSPS) is 10.8. The Bertz CT molecular complexity index is 357. The lowest BCUT2D eigenvalue weighted by Gasteiger charge is -2.20. The zero-order valence-corrected chi connectivity index (χ0v) is 11.3. The molecule has 1 aromatic rings. The molecule has 0 radical (unpaired) electrons. The quantitative estimate of drug-likeness (QED) is 0.817. The standard InChI is InChI=1S/C12H15BrClNO/c1-2-5-15(6-7-16)9-10-3-4-11(13)8-12(10)14/h2-4,8,16H,1,5-7,9H2. The molecule has 0 atom stereocenters. The highest BCUT2D eigenvalue weighted by molar-refractivity contribution is 9.10. The Hall–Kier alpha value is -0.350. The van der Waals surface area contributed by atoms with Crippen LogP contribution in [0.1, 0.15) is 5.56 Å². The SMILES string of the molecule is C=CCN(CCO)Cc1ccc(Br)cc1Cl. The van der Waals surface area contributed by atoms with E-state index in [0.29, 0.717) is 6.54 Å². The minimum absolute atomic E-state index is 0.141. The molecule has 4 heteroatoms. The van der Waals surface area contributed by atoms with Gasteiger partial charge in [0.1, 0.15) is 0 Å². The number of halogens is 2. The summed E-state index contributed by atoms with van der Waals surface area (Å²) < 4.78 is 0.971. The first-order chi connectivity index (χ1) is 7.67. The van der Waals surface area contributed by atoms with Gasteiger partial charge in [0.2, 0.25) is 0 Å². The third-order valence-corrected chi connectivity index (χ3v) is 3.06. The maximum absolute atomic E-state index is 8.94. The van der Waals surface area contributed by atoms with E-state index in [-0.39, 0.29) is 6.61 Å². The number of benzene rings is 1. The van der Waals surface area contributed by atoms with E-state index in [2.05, 4.69) is 27.4 Å². The molecule has 0 bridgehead atoms. The third-order valence-electron chi connectivity index (χ3n) is 2.21. The molecule has 0 aliphatic rings. The minimum atomic E-state index is 0.141. The molecule has 0 spiro atoms. The molecule has 0 unspecified atom stereocenters. The summed E-state index contributed by atoms with van der Waals surface area (Å²) in [5.41, 5.74) is 1.06. The molecule has 0 saturated heterocycles. The highest BCUT2D eigenvalue weighted by atomic mass is 79.9. The molecule has 1 aromatic carbocycles. The maximum atomic E-state index is 8.94. The van der Waals surface area contributed by atoms with Crippen molar-refractivity contribution in [3.8, 4) is 0 Å². The van der Waals surface area contributed by atoms with Crippen LogP contribution in [0.2, 0.25) is 5.02 Å². The highest BCUT2D eigenvalue weighted by Crippen LogP contribution is 2.22. The van der Waals surface area contributed by atoms with Crippen molar-refractivity contribution in [2.45, 2.75) is 6.54 Å². The van der Waals surface area contributed by atoms with Crippen molar-refractivity contribution < 1.29 is 5.11 Å². The zero-order valence-electron chi connectivity index (χ0n) is 9.00. The lowest BCUT2D eigenvalue weighted by molar-refractivity contribution is 0.203. The van der Waals surface area contributed by atoms with Crippen molar-refractivity contribution >= 4 is 27.5 Å². The molecule has 0 aliphatic heterocycles. The molecule has 0 amide bonds. The summed E-state index contributed by atoms with van der Waals surface area (Å²) in [5, 5.41) is 9.68. The highest BCUT2D eigenvalue weighted by Gasteiger charge is 2.07. The summed E-state index contributed by atoms with van der Waals surface area (Å²) in [6.45, 7) is 5.93. The molecule has 2 nitrogen and oxygen atoms in total. The second kappa shape index (κ2) is 7.07. The van der Waals surface area contributed by atoms with Crippen LogP contribution in [0.15, 0.2) is 35.3 Å². The van der Waals surface area contributed by atoms with Crippen LogP contribution in [0.5, 0.6) is 0 Å². The van der Waals surface area contributed by atoms with Gasteiger partial charge in [-0.3, -0.25) is 4.90 Å². The predicted octanol–water partition coefficient (Wildman–Crippen LogP) is 3.08. The van der Waals surface area contributed by atoms with Crippen molar-refractivity contribution in [2.75, 3.05) is 19.7 Å². The van der Waals surface area contributed by atoms with Crippen LogP contribution in [0, 0.1) is 0 Å². The molecule has 0 heterocycles. The first kappa shape index (κ1) is 13.7. The minimum Gasteiger partial charge on any atom is -0.395 e. The Kier molecular flexibility index (Phi) is 6.06. The number of hydrogen-bond donors (Lipinski definition) is 1. The lowest BCUT2D eigenvalue weighted by atomic mass is 10.2. The summed E-state index contributed by atoms with van der Waals surface area (Å²) in [6.07, 6.45) is 1.82. The maximum Gasteiger partial charge on any atom is 0.0558 e. The fourth-order valence-corrected chi connectivity index (χ4v) is 2.18. The summed E-state index contributed by atoms with van der Waals surface area (Å²) in [5.74, 6) is 0. The Balaban J connectivity index is 2.72. The van der Waals surface area contributed by atoms with E-state index in [1.54, 1.807) is 0 Å². The van der Waals surface area contributed by atoms with Gasteiger partial charge in [0, 0.05) is 29.1 Å². The molecule has 1 N–H and O–H groups in total. The Morgan fingerprint density at radius 3 is 2.81 bits per heavy atom. The van der Waals surface area contributed by atoms with Crippen LogP contribution in [0.25, 0.3) is 0 Å². The number of aliphatic hydroxyl groups excluding tert-OH is 1. The Morgan fingerprint density at radius 2 is 2.25 bits per heavy atom. The molecule has 0 fully saturated rings. The average molecular weight is 305 g/mol. The summed E-state index contributed by atoms with van der Waals surface area (Å²) >= 11 is 9.50. The van der Waals surface area contributed by atoms with Crippen molar-refractivity contribution in [2.24, 2.45) is 0 Å². The van der Waals surface area contributed by atoms with E-state index >= 15 is 0 Å². The first-order valence-corrected chi connectivity index (χ1v) is 6.22. The Labute approximate surface area is 110 Å². The fraction of sp³-hybridized carbons (Fsp3) is 0.333. The Morgan fingerprint density at radius 1 is 1.50 bits per heavy atom. The third kappa shape index (κ3) is 4.26. The largest absolute Gasteiger partial charge is 0.395 e. The summed E-state index contributed by atoms with van der Waals surface area (Å²) in [4.78, 5) is 2.09. The molecular formula is C12H15BrClNO. The van der Waals surface area contributed by atoms with E-state index in [1.165, 1.54) is 0 Å². The smallest absolute Gasteiger partial charge is 0.0558 e. The van der Waals surface area contributed by atoms with Crippen LogP contribution < -0.4 is 0 Å². The van der Waals surface area contributed by atoms with E-state index < -0.39 is 0 Å². The van der Waals surface area contributed by atoms with Crippen LogP contribution in [0.4, 0.5) is 0 Å². The van der Waals surface area contributed by atoms with Crippen LogP contribution in [0.3, 0.4) is 0 Å². The second-order valence-corrected chi connectivity index (χ2v) is 4.81. The van der Waals surface area contributed by atoms with Gasteiger partial charge in [0.25, 0.3) is 0 Å². The van der Waals surface area contributed by atoms with Crippen LogP contribution in [-0.4, -0.2) is 29.7 Å². The summed E-state index contributed by atoms with van der Waals surface area (Å²) in [6, 6.07) is 5.83. The molecule has 16 heavy (non-hydrogen) atoms. The molecule has 0 aromatic heterocycles. The van der Waals surface area contributed by atoms with E-state index in [1.807, 2.05) is 24.3 Å². The second-order valence-electron chi connectivity index (χ2n) is 3.48. The summed E-state index contributed by atoms with van der Waals surface area (Å²) in [7, 11) is 0. The topological polar surface area (TPSA) is 23.5 Å². The molecule has 1 rings (SSSR count). The molecule has 0 saturated carbocycles. The van der Waals surface area contributed by atoms with Gasteiger partial charge in [-0.15, -0.1) is 6.58 Å².